The molecule has 1 aromatic heterocycles. The Morgan fingerprint density at radius 2 is 1.84 bits per heavy atom. The molecule has 2 nitrogen and oxygen atoms in total. The molecule has 19 heavy (non-hydrogen) atoms. The fourth-order valence-corrected chi connectivity index (χ4v) is 2.48. The summed E-state index contributed by atoms with van der Waals surface area (Å²) in [5, 5.41) is 3.67. The van der Waals surface area contributed by atoms with Gasteiger partial charge in [-0.05, 0) is 30.5 Å². The van der Waals surface area contributed by atoms with Gasteiger partial charge in [-0.15, -0.1) is 0 Å². The minimum atomic E-state index is 0.436. The van der Waals surface area contributed by atoms with Crippen LogP contribution in [0.25, 0.3) is 0 Å². The van der Waals surface area contributed by atoms with Crippen LogP contribution < -0.4 is 5.32 Å². The van der Waals surface area contributed by atoms with E-state index in [9.17, 15) is 0 Å². The molecule has 0 saturated heterocycles. The zero-order chi connectivity index (χ0) is 13.5. The van der Waals surface area contributed by atoms with Crippen LogP contribution in [-0.2, 0) is 13.1 Å². The van der Waals surface area contributed by atoms with Crippen molar-refractivity contribution in [3.8, 4) is 0 Å². The van der Waals surface area contributed by atoms with E-state index in [-0.39, 0.29) is 0 Å². The summed E-state index contributed by atoms with van der Waals surface area (Å²) in [5.74, 6) is 0. The molecule has 2 heteroatoms. The molecule has 2 rings (SSSR count). The Hall–Kier alpha value is -1.54. The molecule has 0 fully saturated rings. The van der Waals surface area contributed by atoms with E-state index in [2.05, 4.69) is 72.4 Å². The van der Waals surface area contributed by atoms with Gasteiger partial charge in [0.2, 0.25) is 0 Å². The third kappa shape index (κ3) is 3.71. The van der Waals surface area contributed by atoms with Gasteiger partial charge in [0.05, 0.1) is 0 Å². The molecule has 2 aromatic rings. The fourth-order valence-electron chi connectivity index (χ4n) is 2.48. The van der Waals surface area contributed by atoms with Gasteiger partial charge in [-0.25, -0.2) is 0 Å². The molecule has 0 radical (unpaired) electrons. The molecule has 102 valence electrons. The normalized spacial score (nSPS) is 12.5. The molecule has 1 heterocycles. The maximum absolute atomic E-state index is 3.67. The van der Waals surface area contributed by atoms with E-state index in [1.807, 2.05) is 0 Å². The second-order valence-corrected chi connectivity index (χ2v) is 4.95. The van der Waals surface area contributed by atoms with Crippen molar-refractivity contribution in [3.63, 3.8) is 0 Å². The number of hydrogen-bond donors (Lipinski definition) is 1. The Morgan fingerprint density at radius 1 is 1.05 bits per heavy atom. The van der Waals surface area contributed by atoms with Crippen LogP contribution in [-0.4, -0.2) is 4.57 Å². The predicted molar refractivity (Wildman–Crippen MR) is 81.0 cm³/mol. The average Bonchev–Trinajstić information content (AvgIpc) is 2.89. The van der Waals surface area contributed by atoms with E-state index in [0.717, 1.165) is 19.5 Å². The summed E-state index contributed by atoms with van der Waals surface area (Å²) < 4.78 is 2.34. The molecule has 0 amide bonds. The summed E-state index contributed by atoms with van der Waals surface area (Å²) in [6.07, 6.45) is 4.46. The maximum atomic E-state index is 3.67. The van der Waals surface area contributed by atoms with Crippen LogP contribution in [0.15, 0.2) is 48.7 Å². The molecule has 0 spiro atoms. The molecule has 0 bridgehead atoms. The number of nitrogens with zero attached hydrogens (tertiary/aromatic N) is 1. The van der Waals surface area contributed by atoms with Crippen LogP contribution in [0.4, 0.5) is 0 Å². The van der Waals surface area contributed by atoms with Crippen molar-refractivity contribution < 1.29 is 0 Å². The second-order valence-electron chi connectivity index (χ2n) is 4.95. The summed E-state index contributed by atoms with van der Waals surface area (Å²) in [7, 11) is 0. The van der Waals surface area contributed by atoms with Gasteiger partial charge < -0.3 is 9.88 Å². The van der Waals surface area contributed by atoms with Gasteiger partial charge in [-0.2, -0.15) is 0 Å². The van der Waals surface area contributed by atoms with E-state index >= 15 is 0 Å². The highest BCUT2D eigenvalue weighted by molar-refractivity contribution is 5.19. The molecule has 1 atom stereocenters. The lowest BCUT2D eigenvalue weighted by Gasteiger charge is -2.18. The van der Waals surface area contributed by atoms with Crippen molar-refractivity contribution in [1.82, 2.24) is 9.88 Å². The molecular weight excluding hydrogens is 232 g/mol. The lowest BCUT2D eigenvalue weighted by Crippen LogP contribution is -2.21. The Balaban J connectivity index is 1.98. The summed E-state index contributed by atoms with van der Waals surface area (Å²) in [5.41, 5.74) is 2.75. The molecule has 1 N–H and O–H groups in total. The second kappa shape index (κ2) is 7.15. The van der Waals surface area contributed by atoms with Gasteiger partial charge in [0.1, 0.15) is 0 Å². The molecule has 0 saturated carbocycles. The molecule has 0 aliphatic carbocycles. The van der Waals surface area contributed by atoms with Crippen molar-refractivity contribution >= 4 is 0 Å². The largest absolute Gasteiger partial charge is 0.350 e. The average molecular weight is 256 g/mol. The highest BCUT2D eigenvalue weighted by atomic mass is 15.0. The molecule has 1 aromatic carbocycles. The number of aryl methyl sites for hydroxylation is 1. The van der Waals surface area contributed by atoms with E-state index < -0.39 is 0 Å². The maximum Gasteiger partial charge on any atom is 0.0364 e. The first-order valence-corrected chi connectivity index (χ1v) is 7.27. The summed E-state index contributed by atoms with van der Waals surface area (Å²) in [6, 6.07) is 15.5. The van der Waals surface area contributed by atoms with Crippen LogP contribution in [0.5, 0.6) is 0 Å². The minimum Gasteiger partial charge on any atom is -0.350 e. The van der Waals surface area contributed by atoms with E-state index in [4.69, 9.17) is 0 Å². The topological polar surface area (TPSA) is 17.0 Å². The van der Waals surface area contributed by atoms with Crippen LogP contribution >= 0.6 is 0 Å². The van der Waals surface area contributed by atoms with E-state index in [1.165, 1.54) is 17.7 Å². The minimum absolute atomic E-state index is 0.436. The number of aromatic nitrogens is 1. The van der Waals surface area contributed by atoms with Crippen LogP contribution in [0.1, 0.15) is 44.0 Å². The monoisotopic (exact) mass is 256 g/mol. The molecular formula is C17H24N2. The molecule has 0 aliphatic rings. The first kappa shape index (κ1) is 13.9. The van der Waals surface area contributed by atoms with Gasteiger partial charge in [-0.3, -0.25) is 0 Å². The number of hydrogen-bond acceptors (Lipinski definition) is 1. The first-order chi connectivity index (χ1) is 9.35. The van der Waals surface area contributed by atoms with Crippen LogP contribution in [0.2, 0.25) is 0 Å². The Kier molecular flexibility index (Phi) is 5.22. The lowest BCUT2D eigenvalue weighted by atomic mass is 10.0. The molecule has 1 unspecified atom stereocenters. The highest BCUT2D eigenvalue weighted by Crippen LogP contribution is 2.16. The van der Waals surface area contributed by atoms with Gasteiger partial charge >= 0.3 is 0 Å². The smallest absolute Gasteiger partial charge is 0.0364 e. The molecule has 0 aliphatic heterocycles. The Morgan fingerprint density at radius 3 is 2.53 bits per heavy atom. The zero-order valence-electron chi connectivity index (χ0n) is 12.0. The Bertz CT molecular complexity index is 473. The summed E-state index contributed by atoms with van der Waals surface area (Å²) in [4.78, 5) is 0. The van der Waals surface area contributed by atoms with Crippen LogP contribution in [0.3, 0.4) is 0 Å². The highest BCUT2D eigenvalue weighted by Gasteiger charge is 2.09. The summed E-state index contributed by atoms with van der Waals surface area (Å²) >= 11 is 0. The standard InChI is InChI=1S/C17H24N2/c1-3-12-19-13-8-11-16(19)14-18-17(4-2)15-9-6-5-7-10-15/h5-11,13,17-18H,3-4,12,14H2,1-2H3. The van der Waals surface area contributed by atoms with E-state index in [1.54, 1.807) is 0 Å². The summed E-state index contributed by atoms with van der Waals surface area (Å²) in [6.45, 7) is 6.48. The van der Waals surface area contributed by atoms with Crippen molar-refractivity contribution in [2.75, 3.05) is 0 Å². The number of rotatable bonds is 7. The SMILES string of the molecule is CCCn1cccc1CNC(CC)c1ccccc1. The van der Waals surface area contributed by atoms with Crippen molar-refractivity contribution in [2.45, 2.75) is 45.8 Å². The van der Waals surface area contributed by atoms with Gasteiger partial charge in [0, 0.05) is 31.0 Å². The van der Waals surface area contributed by atoms with Crippen LogP contribution in [0, 0.1) is 0 Å². The quantitative estimate of drug-likeness (QED) is 0.788. The van der Waals surface area contributed by atoms with Crippen molar-refractivity contribution in [1.29, 1.82) is 0 Å². The zero-order valence-corrected chi connectivity index (χ0v) is 12.0. The van der Waals surface area contributed by atoms with Gasteiger partial charge in [-0.1, -0.05) is 44.2 Å². The fraction of sp³-hybridized carbons (Fsp3) is 0.412. The first-order valence-electron chi connectivity index (χ1n) is 7.27. The van der Waals surface area contributed by atoms with Crippen molar-refractivity contribution in [2.24, 2.45) is 0 Å². The predicted octanol–water partition coefficient (Wildman–Crippen LogP) is 4.14. The van der Waals surface area contributed by atoms with Gasteiger partial charge in [0.15, 0.2) is 0 Å². The van der Waals surface area contributed by atoms with Crippen molar-refractivity contribution in [3.05, 3.63) is 59.9 Å². The van der Waals surface area contributed by atoms with Gasteiger partial charge in [0.25, 0.3) is 0 Å². The third-order valence-electron chi connectivity index (χ3n) is 3.53. The van der Waals surface area contributed by atoms with E-state index in [0.29, 0.717) is 6.04 Å². The number of nitrogens with one attached hydrogen (secondary N) is 1. The third-order valence-corrected chi connectivity index (χ3v) is 3.53. The lowest BCUT2D eigenvalue weighted by molar-refractivity contribution is 0.500. The number of benzene rings is 1. The Labute approximate surface area is 116 Å².